The van der Waals surface area contributed by atoms with Crippen LogP contribution in [0.15, 0.2) is 71.6 Å². The predicted octanol–water partition coefficient (Wildman–Crippen LogP) is 5.31. The number of carbonyl (C=O) groups is 1. The SMILES string of the molecule is N#Cc1ccc(NC(=O)Nc2cccc(Cl)c2Cl)c(NS(=O)(=O)c2ccccc2)c1. The highest BCUT2D eigenvalue weighted by atomic mass is 35.5. The largest absolute Gasteiger partial charge is 0.323 e. The Hall–Kier alpha value is -3.25. The second-order valence-electron chi connectivity index (χ2n) is 5.97. The molecule has 0 atom stereocenters. The fourth-order valence-corrected chi connectivity index (χ4v) is 3.93. The van der Waals surface area contributed by atoms with Gasteiger partial charge in [-0.15, -0.1) is 0 Å². The number of nitrogens with one attached hydrogen (secondary N) is 3. The molecule has 152 valence electrons. The number of nitriles is 1. The first-order chi connectivity index (χ1) is 14.3. The first-order valence-electron chi connectivity index (χ1n) is 8.44. The van der Waals surface area contributed by atoms with Crippen molar-refractivity contribution in [2.45, 2.75) is 4.90 Å². The summed E-state index contributed by atoms with van der Waals surface area (Å²) in [5.41, 5.74) is 0.667. The third-order valence-corrected chi connectivity index (χ3v) is 6.09. The number of hydrogen-bond acceptors (Lipinski definition) is 4. The van der Waals surface area contributed by atoms with Gasteiger partial charge in [-0.2, -0.15) is 5.26 Å². The third-order valence-electron chi connectivity index (χ3n) is 3.89. The number of anilines is 3. The monoisotopic (exact) mass is 460 g/mol. The fraction of sp³-hybridized carbons (Fsp3) is 0. The maximum atomic E-state index is 12.7. The van der Waals surface area contributed by atoms with Gasteiger partial charge < -0.3 is 10.6 Å². The fourth-order valence-electron chi connectivity index (χ4n) is 2.49. The van der Waals surface area contributed by atoms with Crippen molar-refractivity contribution in [3.63, 3.8) is 0 Å². The van der Waals surface area contributed by atoms with Crippen LogP contribution in [-0.4, -0.2) is 14.4 Å². The van der Waals surface area contributed by atoms with Crippen molar-refractivity contribution in [2.24, 2.45) is 0 Å². The molecule has 0 bridgehead atoms. The minimum atomic E-state index is -3.94. The van der Waals surface area contributed by atoms with Crippen LogP contribution in [0.5, 0.6) is 0 Å². The summed E-state index contributed by atoms with van der Waals surface area (Å²) in [6.07, 6.45) is 0. The van der Waals surface area contributed by atoms with E-state index in [1.807, 2.05) is 6.07 Å². The Morgan fingerprint density at radius 3 is 2.27 bits per heavy atom. The summed E-state index contributed by atoms with van der Waals surface area (Å²) in [4.78, 5) is 12.5. The summed E-state index contributed by atoms with van der Waals surface area (Å²) in [5, 5.41) is 14.7. The molecular formula is C20H14Cl2N4O3S. The Balaban J connectivity index is 1.87. The molecule has 0 aliphatic heterocycles. The number of benzene rings is 3. The molecule has 3 aromatic carbocycles. The van der Waals surface area contributed by atoms with E-state index in [1.165, 1.54) is 30.3 Å². The van der Waals surface area contributed by atoms with Gasteiger partial charge in [-0.1, -0.05) is 47.5 Å². The molecule has 0 spiro atoms. The summed E-state index contributed by atoms with van der Waals surface area (Å²) >= 11 is 12.0. The van der Waals surface area contributed by atoms with E-state index in [2.05, 4.69) is 15.4 Å². The van der Waals surface area contributed by atoms with Crippen LogP contribution in [0.2, 0.25) is 10.0 Å². The molecule has 2 amide bonds. The lowest BCUT2D eigenvalue weighted by Gasteiger charge is -2.15. The number of carbonyl (C=O) groups excluding carboxylic acids is 1. The van der Waals surface area contributed by atoms with E-state index in [-0.39, 0.29) is 37.6 Å². The molecule has 0 saturated carbocycles. The first-order valence-corrected chi connectivity index (χ1v) is 10.7. The van der Waals surface area contributed by atoms with E-state index < -0.39 is 16.1 Å². The van der Waals surface area contributed by atoms with Crippen molar-refractivity contribution in [3.05, 3.63) is 82.3 Å². The number of sulfonamides is 1. The van der Waals surface area contributed by atoms with Crippen LogP contribution in [-0.2, 0) is 10.0 Å². The van der Waals surface area contributed by atoms with Crippen LogP contribution in [0, 0.1) is 11.3 Å². The third kappa shape index (κ3) is 5.02. The van der Waals surface area contributed by atoms with E-state index in [0.717, 1.165) is 0 Å². The molecular weight excluding hydrogens is 447 g/mol. The molecule has 0 aliphatic carbocycles. The highest BCUT2D eigenvalue weighted by Crippen LogP contribution is 2.30. The lowest BCUT2D eigenvalue weighted by atomic mass is 10.2. The Morgan fingerprint density at radius 2 is 1.57 bits per heavy atom. The summed E-state index contributed by atoms with van der Waals surface area (Å²) in [7, 11) is -3.94. The van der Waals surface area contributed by atoms with Crippen LogP contribution in [0.4, 0.5) is 21.9 Å². The van der Waals surface area contributed by atoms with Gasteiger partial charge >= 0.3 is 6.03 Å². The molecule has 7 nitrogen and oxygen atoms in total. The molecule has 10 heteroatoms. The molecule has 3 N–H and O–H groups in total. The normalized spacial score (nSPS) is 10.7. The number of rotatable bonds is 5. The highest BCUT2D eigenvalue weighted by Gasteiger charge is 2.18. The molecule has 0 heterocycles. The van der Waals surface area contributed by atoms with Gasteiger partial charge in [0.2, 0.25) is 0 Å². The number of urea groups is 1. The van der Waals surface area contributed by atoms with Gasteiger partial charge in [-0.25, -0.2) is 13.2 Å². The average molecular weight is 461 g/mol. The van der Waals surface area contributed by atoms with Gasteiger partial charge in [-0.05, 0) is 42.5 Å². The number of halogens is 2. The maximum absolute atomic E-state index is 12.7. The van der Waals surface area contributed by atoms with Gasteiger partial charge in [0, 0.05) is 0 Å². The van der Waals surface area contributed by atoms with Crippen LogP contribution in [0.1, 0.15) is 5.56 Å². The van der Waals surface area contributed by atoms with Gasteiger partial charge in [0.1, 0.15) is 0 Å². The predicted molar refractivity (Wildman–Crippen MR) is 118 cm³/mol. The zero-order chi connectivity index (χ0) is 21.7. The van der Waals surface area contributed by atoms with E-state index in [9.17, 15) is 13.2 Å². The van der Waals surface area contributed by atoms with Gasteiger partial charge in [-0.3, -0.25) is 4.72 Å². The Kier molecular flexibility index (Phi) is 6.47. The molecule has 0 radical (unpaired) electrons. The zero-order valence-corrected chi connectivity index (χ0v) is 17.5. The van der Waals surface area contributed by atoms with Crippen LogP contribution in [0.3, 0.4) is 0 Å². The van der Waals surface area contributed by atoms with Crippen molar-refractivity contribution < 1.29 is 13.2 Å². The van der Waals surface area contributed by atoms with Crippen molar-refractivity contribution in [3.8, 4) is 6.07 Å². The summed E-state index contributed by atoms with van der Waals surface area (Å²) in [6, 6.07) is 17.9. The van der Waals surface area contributed by atoms with E-state index in [0.29, 0.717) is 0 Å². The molecule has 0 fully saturated rings. The van der Waals surface area contributed by atoms with Crippen molar-refractivity contribution in [1.29, 1.82) is 5.26 Å². The Morgan fingerprint density at radius 1 is 0.867 bits per heavy atom. The second kappa shape index (κ2) is 9.05. The van der Waals surface area contributed by atoms with Gasteiger partial charge in [0.15, 0.2) is 0 Å². The van der Waals surface area contributed by atoms with Crippen LogP contribution >= 0.6 is 23.2 Å². The van der Waals surface area contributed by atoms with Crippen LogP contribution in [0.25, 0.3) is 0 Å². The topological polar surface area (TPSA) is 111 Å². The van der Waals surface area contributed by atoms with Crippen molar-refractivity contribution >= 4 is 56.3 Å². The van der Waals surface area contributed by atoms with Gasteiger partial charge in [0.05, 0.1) is 43.6 Å². The molecule has 0 aliphatic rings. The van der Waals surface area contributed by atoms with Crippen LogP contribution < -0.4 is 15.4 Å². The molecule has 0 unspecified atom stereocenters. The molecule has 0 saturated heterocycles. The molecule has 3 aromatic rings. The quantitative estimate of drug-likeness (QED) is 0.478. The first kappa shape index (κ1) is 21.5. The Labute approximate surface area is 183 Å². The summed E-state index contributed by atoms with van der Waals surface area (Å²) in [6.45, 7) is 0. The minimum absolute atomic E-state index is 0.0326. The molecule has 30 heavy (non-hydrogen) atoms. The molecule has 0 aromatic heterocycles. The zero-order valence-electron chi connectivity index (χ0n) is 15.2. The minimum Gasteiger partial charge on any atom is -0.306 e. The number of nitrogens with zero attached hydrogens (tertiary/aromatic N) is 1. The molecule has 3 rings (SSSR count). The van der Waals surface area contributed by atoms with E-state index in [4.69, 9.17) is 28.5 Å². The van der Waals surface area contributed by atoms with E-state index >= 15 is 0 Å². The maximum Gasteiger partial charge on any atom is 0.323 e. The lowest BCUT2D eigenvalue weighted by molar-refractivity contribution is 0.262. The van der Waals surface area contributed by atoms with E-state index in [1.54, 1.807) is 36.4 Å². The highest BCUT2D eigenvalue weighted by molar-refractivity contribution is 7.92. The summed E-state index contributed by atoms with van der Waals surface area (Å²) in [5.74, 6) is 0. The smallest absolute Gasteiger partial charge is 0.306 e. The second-order valence-corrected chi connectivity index (χ2v) is 8.44. The average Bonchev–Trinajstić information content (AvgIpc) is 2.73. The summed E-state index contributed by atoms with van der Waals surface area (Å²) < 4.78 is 27.7. The number of amides is 2. The van der Waals surface area contributed by atoms with Crippen molar-refractivity contribution in [1.82, 2.24) is 0 Å². The lowest BCUT2D eigenvalue weighted by Crippen LogP contribution is -2.21. The van der Waals surface area contributed by atoms with Crippen molar-refractivity contribution in [2.75, 3.05) is 15.4 Å². The standard InChI is InChI=1S/C20H14Cl2N4O3S/c21-15-7-4-8-17(19(15)22)25-20(27)24-16-10-9-13(12-23)11-18(16)26-30(28,29)14-5-2-1-3-6-14/h1-11,26H,(H2,24,25,27). The van der Waals surface area contributed by atoms with Gasteiger partial charge in [0.25, 0.3) is 10.0 Å². The Bertz CT molecular complexity index is 1240. The number of hydrogen-bond donors (Lipinski definition) is 3.